The summed E-state index contributed by atoms with van der Waals surface area (Å²) in [6.07, 6.45) is 0. The van der Waals surface area contributed by atoms with Crippen LogP contribution in [0.3, 0.4) is 0 Å². The average Bonchev–Trinajstić information content (AvgIpc) is 2.71. The van der Waals surface area contributed by atoms with E-state index in [4.69, 9.17) is 16.3 Å². The average molecular weight is 268 g/mol. The summed E-state index contributed by atoms with van der Waals surface area (Å²) in [6, 6.07) is 7.77. The minimum absolute atomic E-state index is 0.275. The minimum Gasteiger partial charge on any atom is -0.464 e. The lowest BCUT2D eigenvalue weighted by Gasteiger charge is -2.04. The molecule has 3 nitrogen and oxygen atoms in total. The molecule has 0 bridgehead atoms. The number of aryl methyl sites for hydroxylation is 1. The van der Waals surface area contributed by atoms with E-state index in [1.807, 2.05) is 31.2 Å². The Balaban J connectivity index is 2.60. The molecule has 0 saturated carbocycles. The zero-order valence-electron chi connectivity index (χ0n) is 9.36. The second-order valence-electron chi connectivity index (χ2n) is 3.45. The van der Waals surface area contributed by atoms with Crippen molar-refractivity contribution >= 4 is 28.9 Å². The van der Waals surface area contributed by atoms with E-state index in [-0.39, 0.29) is 5.69 Å². The van der Waals surface area contributed by atoms with E-state index in [9.17, 15) is 4.79 Å². The van der Waals surface area contributed by atoms with Gasteiger partial charge in [0.1, 0.15) is 0 Å². The smallest absolute Gasteiger partial charge is 0.358 e. The molecular formula is C12H10ClNO2S. The van der Waals surface area contributed by atoms with Crippen LogP contribution in [0.5, 0.6) is 0 Å². The fourth-order valence-corrected chi connectivity index (χ4v) is 2.73. The van der Waals surface area contributed by atoms with Crippen molar-refractivity contribution in [3.63, 3.8) is 0 Å². The summed E-state index contributed by atoms with van der Waals surface area (Å²) < 4.78 is 5.03. The third-order valence-electron chi connectivity index (χ3n) is 2.37. The Bertz CT molecular complexity index is 565. The summed E-state index contributed by atoms with van der Waals surface area (Å²) in [4.78, 5) is 16.4. The first-order chi connectivity index (χ1) is 8.13. The SMILES string of the molecule is COC(=O)c1nc(Cl)sc1-c1ccccc1C. The van der Waals surface area contributed by atoms with Gasteiger partial charge in [0, 0.05) is 0 Å². The third kappa shape index (κ3) is 2.33. The lowest BCUT2D eigenvalue weighted by atomic mass is 10.1. The van der Waals surface area contributed by atoms with Gasteiger partial charge in [0.2, 0.25) is 0 Å². The maximum atomic E-state index is 11.6. The van der Waals surface area contributed by atoms with Crippen LogP contribution in [-0.2, 0) is 4.74 Å². The van der Waals surface area contributed by atoms with E-state index in [2.05, 4.69) is 4.98 Å². The number of methoxy groups -OCH3 is 1. The maximum Gasteiger partial charge on any atom is 0.358 e. The largest absolute Gasteiger partial charge is 0.464 e. The number of nitrogens with zero attached hydrogens (tertiary/aromatic N) is 1. The van der Waals surface area contributed by atoms with Gasteiger partial charge in [0.05, 0.1) is 12.0 Å². The van der Waals surface area contributed by atoms with Crippen LogP contribution in [0.15, 0.2) is 24.3 Å². The molecule has 1 aromatic heterocycles. The molecule has 88 valence electrons. The van der Waals surface area contributed by atoms with Crippen LogP contribution in [0.4, 0.5) is 0 Å². The quantitative estimate of drug-likeness (QED) is 0.781. The molecule has 17 heavy (non-hydrogen) atoms. The summed E-state index contributed by atoms with van der Waals surface area (Å²) in [5, 5.41) is 0. The van der Waals surface area contributed by atoms with E-state index in [0.717, 1.165) is 16.0 Å². The summed E-state index contributed by atoms with van der Waals surface area (Å²) >= 11 is 7.15. The van der Waals surface area contributed by atoms with Gasteiger partial charge >= 0.3 is 5.97 Å². The van der Waals surface area contributed by atoms with Gasteiger partial charge < -0.3 is 4.74 Å². The fourth-order valence-electron chi connectivity index (χ4n) is 1.54. The van der Waals surface area contributed by atoms with E-state index >= 15 is 0 Å². The normalized spacial score (nSPS) is 10.3. The molecule has 0 aliphatic rings. The molecule has 0 atom stereocenters. The van der Waals surface area contributed by atoms with Gasteiger partial charge in [-0.15, -0.1) is 11.3 Å². The standard InChI is InChI=1S/C12H10ClNO2S/c1-7-5-3-4-6-8(7)10-9(11(15)16-2)14-12(13)17-10/h3-6H,1-2H3. The van der Waals surface area contributed by atoms with Gasteiger partial charge in [-0.1, -0.05) is 35.9 Å². The van der Waals surface area contributed by atoms with E-state index in [1.54, 1.807) is 0 Å². The zero-order chi connectivity index (χ0) is 12.4. The summed E-state index contributed by atoms with van der Waals surface area (Å²) in [7, 11) is 1.33. The highest BCUT2D eigenvalue weighted by Gasteiger charge is 2.20. The Labute approximate surface area is 108 Å². The highest BCUT2D eigenvalue weighted by atomic mass is 35.5. The molecule has 5 heteroatoms. The lowest BCUT2D eigenvalue weighted by Crippen LogP contribution is -2.03. The number of benzene rings is 1. The minimum atomic E-state index is -0.466. The van der Waals surface area contributed by atoms with Crippen molar-refractivity contribution < 1.29 is 9.53 Å². The Hall–Kier alpha value is -1.39. The summed E-state index contributed by atoms with van der Waals surface area (Å²) in [5.74, 6) is -0.466. The molecule has 0 spiro atoms. The number of aromatic nitrogens is 1. The summed E-state index contributed by atoms with van der Waals surface area (Å²) in [5.41, 5.74) is 2.30. The fraction of sp³-hybridized carbons (Fsp3) is 0.167. The number of halogens is 1. The molecule has 1 aromatic carbocycles. The molecule has 0 aliphatic heterocycles. The van der Waals surface area contributed by atoms with Crippen LogP contribution in [0.1, 0.15) is 16.1 Å². The predicted molar refractivity (Wildman–Crippen MR) is 68.6 cm³/mol. The molecule has 2 aromatic rings. The Morgan fingerprint density at radius 1 is 1.41 bits per heavy atom. The first kappa shape index (κ1) is 12.1. The molecular weight excluding hydrogens is 258 g/mol. The Kier molecular flexibility index (Phi) is 3.45. The molecule has 2 rings (SSSR count). The van der Waals surface area contributed by atoms with Crippen molar-refractivity contribution in [2.75, 3.05) is 7.11 Å². The molecule has 1 heterocycles. The monoisotopic (exact) mass is 267 g/mol. The van der Waals surface area contributed by atoms with Crippen molar-refractivity contribution in [1.29, 1.82) is 0 Å². The topological polar surface area (TPSA) is 39.2 Å². The maximum absolute atomic E-state index is 11.6. The highest BCUT2D eigenvalue weighted by molar-refractivity contribution is 7.19. The van der Waals surface area contributed by atoms with Gasteiger partial charge in [-0.2, -0.15) is 0 Å². The molecule has 0 amide bonds. The van der Waals surface area contributed by atoms with E-state index < -0.39 is 5.97 Å². The van der Waals surface area contributed by atoms with Crippen molar-refractivity contribution in [1.82, 2.24) is 4.98 Å². The molecule has 0 unspecified atom stereocenters. The van der Waals surface area contributed by atoms with Crippen LogP contribution >= 0.6 is 22.9 Å². The van der Waals surface area contributed by atoms with Crippen molar-refractivity contribution in [3.05, 3.63) is 40.0 Å². The van der Waals surface area contributed by atoms with Crippen molar-refractivity contribution in [2.24, 2.45) is 0 Å². The lowest BCUT2D eigenvalue weighted by molar-refractivity contribution is 0.0596. The van der Waals surface area contributed by atoms with Crippen LogP contribution in [0.2, 0.25) is 4.47 Å². The second-order valence-corrected chi connectivity index (χ2v) is 5.03. The third-order valence-corrected chi connectivity index (χ3v) is 3.56. The molecule has 0 N–H and O–H groups in total. The number of carbonyl (C=O) groups excluding carboxylic acids is 1. The molecule has 0 saturated heterocycles. The first-order valence-electron chi connectivity index (χ1n) is 4.94. The molecule has 0 fully saturated rings. The van der Waals surface area contributed by atoms with Crippen LogP contribution in [0.25, 0.3) is 10.4 Å². The van der Waals surface area contributed by atoms with Gasteiger partial charge in [0.25, 0.3) is 0 Å². The first-order valence-corrected chi connectivity index (χ1v) is 6.13. The molecule has 0 radical (unpaired) electrons. The number of ether oxygens (including phenoxy) is 1. The van der Waals surface area contributed by atoms with Crippen molar-refractivity contribution in [2.45, 2.75) is 6.92 Å². The van der Waals surface area contributed by atoms with Gasteiger partial charge in [-0.3, -0.25) is 0 Å². The number of hydrogen-bond donors (Lipinski definition) is 0. The van der Waals surface area contributed by atoms with Crippen LogP contribution in [0, 0.1) is 6.92 Å². The summed E-state index contributed by atoms with van der Waals surface area (Å²) in [6.45, 7) is 1.98. The second kappa shape index (κ2) is 4.85. The van der Waals surface area contributed by atoms with E-state index in [0.29, 0.717) is 4.47 Å². The number of esters is 1. The number of thiazole rings is 1. The Morgan fingerprint density at radius 3 is 2.76 bits per heavy atom. The van der Waals surface area contributed by atoms with Crippen molar-refractivity contribution in [3.8, 4) is 10.4 Å². The zero-order valence-corrected chi connectivity index (χ0v) is 10.9. The number of carbonyl (C=O) groups is 1. The van der Waals surface area contributed by atoms with Crippen LogP contribution in [-0.4, -0.2) is 18.1 Å². The van der Waals surface area contributed by atoms with E-state index in [1.165, 1.54) is 18.4 Å². The Morgan fingerprint density at radius 2 is 2.12 bits per heavy atom. The van der Waals surface area contributed by atoms with Crippen LogP contribution < -0.4 is 0 Å². The number of rotatable bonds is 2. The predicted octanol–water partition coefficient (Wildman–Crippen LogP) is 3.56. The highest BCUT2D eigenvalue weighted by Crippen LogP contribution is 2.34. The van der Waals surface area contributed by atoms with Gasteiger partial charge in [0.15, 0.2) is 10.2 Å². The molecule has 0 aliphatic carbocycles. The van der Waals surface area contributed by atoms with Gasteiger partial charge in [-0.25, -0.2) is 9.78 Å². The van der Waals surface area contributed by atoms with Gasteiger partial charge in [-0.05, 0) is 18.1 Å². The number of hydrogen-bond acceptors (Lipinski definition) is 4.